The van der Waals surface area contributed by atoms with Crippen LogP contribution in [-0.2, 0) is 0 Å². The summed E-state index contributed by atoms with van der Waals surface area (Å²) in [6.45, 7) is 1.26. The van der Waals surface area contributed by atoms with Crippen LogP contribution in [0.25, 0.3) is 10.9 Å². The molecule has 84 valence electrons. The van der Waals surface area contributed by atoms with Crippen molar-refractivity contribution in [3.8, 4) is 0 Å². The smallest absolute Gasteiger partial charge is 0.226 e. The second kappa shape index (κ2) is 3.62. The van der Waals surface area contributed by atoms with Crippen molar-refractivity contribution in [3.63, 3.8) is 0 Å². The van der Waals surface area contributed by atoms with Gasteiger partial charge in [0.15, 0.2) is 0 Å². The molecule has 3 nitrogen and oxygen atoms in total. The summed E-state index contributed by atoms with van der Waals surface area (Å²) in [7, 11) is 0. The minimum Gasteiger partial charge on any atom is -0.226 e. The zero-order valence-electron chi connectivity index (χ0n) is 8.36. The molecule has 1 aromatic carbocycles. The first-order valence-corrected chi connectivity index (χ1v) is 4.54. The number of aromatic nitrogens is 2. The Labute approximate surface area is 89.2 Å². The van der Waals surface area contributed by atoms with Crippen molar-refractivity contribution in [1.82, 2.24) is 9.78 Å². The molecule has 2 aromatic rings. The molecule has 1 heterocycles. The van der Waals surface area contributed by atoms with E-state index in [1.807, 2.05) is 0 Å². The van der Waals surface area contributed by atoms with E-state index in [-0.39, 0.29) is 5.84 Å². The number of nitrogens with zero attached hydrogens (tertiary/aromatic N) is 3. The van der Waals surface area contributed by atoms with Gasteiger partial charge in [0.25, 0.3) is 0 Å². The van der Waals surface area contributed by atoms with E-state index in [0.29, 0.717) is 5.52 Å². The first kappa shape index (κ1) is 10.7. The van der Waals surface area contributed by atoms with Crippen molar-refractivity contribution in [3.05, 3.63) is 30.5 Å². The van der Waals surface area contributed by atoms with E-state index in [0.717, 1.165) is 10.1 Å². The molecule has 0 radical (unpaired) electrons. The molecule has 0 aliphatic heterocycles. The summed E-state index contributed by atoms with van der Waals surface area (Å²) in [5.41, 5.74) is 0.638. The minimum absolute atomic E-state index is 0.205. The molecule has 0 amide bonds. The van der Waals surface area contributed by atoms with Crippen LogP contribution in [0.15, 0.2) is 35.5 Å². The van der Waals surface area contributed by atoms with E-state index in [1.54, 1.807) is 24.3 Å². The number of hydrogen-bond acceptors (Lipinski definition) is 2. The van der Waals surface area contributed by atoms with Crippen molar-refractivity contribution in [2.24, 2.45) is 4.99 Å². The van der Waals surface area contributed by atoms with Gasteiger partial charge < -0.3 is 0 Å². The molecule has 0 saturated heterocycles. The number of hydrogen-bond donors (Lipinski definition) is 0. The predicted octanol–water partition coefficient (Wildman–Crippen LogP) is 2.82. The molecule has 0 atom stereocenters. The van der Waals surface area contributed by atoms with Crippen LogP contribution in [0.5, 0.6) is 0 Å². The topological polar surface area (TPSA) is 30.2 Å². The molecule has 0 aliphatic carbocycles. The molecule has 2 rings (SSSR count). The summed E-state index contributed by atoms with van der Waals surface area (Å²) < 4.78 is 37.2. The normalized spacial score (nSPS) is 13.4. The molecule has 0 spiro atoms. The Morgan fingerprint density at radius 1 is 1.31 bits per heavy atom. The van der Waals surface area contributed by atoms with Crippen LogP contribution in [0.2, 0.25) is 0 Å². The predicted molar refractivity (Wildman–Crippen MR) is 54.3 cm³/mol. The highest BCUT2D eigenvalue weighted by Crippen LogP contribution is 2.17. The maximum absolute atomic E-state index is 12.0. The van der Waals surface area contributed by atoms with Crippen LogP contribution in [0, 0.1) is 0 Å². The minimum atomic E-state index is -4.57. The van der Waals surface area contributed by atoms with Crippen molar-refractivity contribution in [1.29, 1.82) is 0 Å². The maximum atomic E-state index is 12.0. The Hall–Kier alpha value is -1.85. The maximum Gasteiger partial charge on any atom is 0.504 e. The van der Waals surface area contributed by atoms with E-state index >= 15 is 0 Å². The summed E-state index contributed by atoms with van der Waals surface area (Å²) in [5, 5.41) is 4.76. The summed E-state index contributed by atoms with van der Waals surface area (Å²) in [5.74, 6) is -0.205. The Kier molecular flexibility index (Phi) is 2.41. The number of halogens is 3. The number of alkyl halides is 3. The SMILES string of the molecule is C/C(=N\C(F)(F)F)n1cc2ccccc2n1. The van der Waals surface area contributed by atoms with Crippen LogP contribution in [0.4, 0.5) is 13.2 Å². The third-order valence-electron chi connectivity index (χ3n) is 2.03. The van der Waals surface area contributed by atoms with E-state index in [9.17, 15) is 13.2 Å². The second-order valence-electron chi connectivity index (χ2n) is 3.26. The summed E-state index contributed by atoms with van der Waals surface area (Å²) in [4.78, 5) is 2.59. The second-order valence-corrected chi connectivity index (χ2v) is 3.26. The lowest BCUT2D eigenvalue weighted by Crippen LogP contribution is -2.14. The number of fused-ring (bicyclic) bond motifs is 1. The van der Waals surface area contributed by atoms with Crippen molar-refractivity contribution >= 4 is 16.7 Å². The van der Waals surface area contributed by atoms with Gasteiger partial charge in [0.1, 0.15) is 5.84 Å². The van der Waals surface area contributed by atoms with Crippen molar-refractivity contribution < 1.29 is 13.2 Å². The Morgan fingerprint density at radius 2 is 2.00 bits per heavy atom. The van der Waals surface area contributed by atoms with E-state index < -0.39 is 6.30 Å². The number of rotatable bonds is 0. The molecular weight excluding hydrogens is 219 g/mol. The fourth-order valence-electron chi connectivity index (χ4n) is 1.36. The first-order chi connectivity index (χ1) is 7.46. The molecular formula is C10H8F3N3. The van der Waals surface area contributed by atoms with Crippen molar-refractivity contribution in [2.45, 2.75) is 13.2 Å². The summed E-state index contributed by atoms with van der Waals surface area (Å²) >= 11 is 0. The lowest BCUT2D eigenvalue weighted by molar-refractivity contribution is -0.119. The van der Waals surface area contributed by atoms with Crippen LogP contribution in [-0.4, -0.2) is 21.9 Å². The molecule has 0 aliphatic rings. The summed E-state index contributed by atoms with van der Waals surface area (Å²) in [6, 6.07) is 7.08. The monoisotopic (exact) mass is 227 g/mol. The fourth-order valence-corrected chi connectivity index (χ4v) is 1.36. The lowest BCUT2D eigenvalue weighted by atomic mass is 10.3. The average molecular weight is 227 g/mol. The molecule has 16 heavy (non-hydrogen) atoms. The van der Waals surface area contributed by atoms with E-state index in [2.05, 4.69) is 10.1 Å². The van der Waals surface area contributed by atoms with Gasteiger partial charge in [-0.05, 0) is 13.0 Å². The highest BCUT2D eigenvalue weighted by Gasteiger charge is 2.26. The van der Waals surface area contributed by atoms with Gasteiger partial charge >= 0.3 is 6.30 Å². The molecule has 0 saturated carbocycles. The van der Waals surface area contributed by atoms with Gasteiger partial charge in [0.2, 0.25) is 0 Å². The molecule has 0 N–H and O–H groups in total. The Morgan fingerprint density at radius 3 is 2.62 bits per heavy atom. The van der Waals surface area contributed by atoms with Crippen LogP contribution in [0.3, 0.4) is 0 Å². The van der Waals surface area contributed by atoms with Crippen LogP contribution < -0.4 is 0 Å². The van der Waals surface area contributed by atoms with Crippen LogP contribution in [0.1, 0.15) is 6.92 Å². The van der Waals surface area contributed by atoms with Gasteiger partial charge in [0, 0.05) is 11.6 Å². The zero-order valence-corrected chi connectivity index (χ0v) is 8.36. The molecule has 1 aromatic heterocycles. The van der Waals surface area contributed by atoms with Gasteiger partial charge in [-0.25, -0.2) is 4.68 Å². The molecule has 0 fully saturated rings. The Balaban J connectivity index is 2.45. The number of aliphatic imine (C=N–C) groups is 1. The largest absolute Gasteiger partial charge is 0.504 e. The molecule has 0 bridgehead atoms. The third-order valence-corrected chi connectivity index (χ3v) is 2.03. The zero-order chi connectivity index (χ0) is 11.8. The van der Waals surface area contributed by atoms with Gasteiger partial charge in [-0.2, -0.15) is 10.1 Å². The fraction of sp³-hybridized carbons (Fsp3) is 0.200. The first-order valence-electron chi connectivity index (χ1n) is 4.54. The van der Waals surface area contributed by atoms with Gasteiger partial charge in [-0.3, -0.25) is 0 Å². The van der Waals surface area contributed by atoms with E-state index in [4.69, 9.17) is 0 Å². The molecule has 0 unspecified atom stereocenters. The Bertz CT molecular complexity index is 506. The third kappa shape index (κ3) is 2.21. The molecule has 6 heteroatoms. The van der Waals surface area contributed by atoms with Gasteiger partial charge in [-0.1, -0.05) is 18.2 Å². The standard InChI is InChI=1S/C10H8F3N3/c1-7(14-10(11,12)13)16-6-8-4-2-3-5-9(8)15-16/h2-6H,1H3/b14-7+. The summed E-state index contributed by atoms with van der Waals surface area (Å²) in [6.07, 6.45) is -3.05. The van der Waals surface area contributed by atoms with Crippen molar-refractivity contribution in [2.75, 3.05) is 0 Å². The van der Waals surface area contributed by atoms with Gasteiger partial charge in [-0.15, -0.1) is 13.2 Å². The van der Waals surface area contributed by atoms with Gasteiger partial charge in [0.05, 0.1) is 5.52 Å². The number of benzene rings is 1. The highest BCUT2D eigenvalue weighted by molar-refractivity contribution is 5.87. The average Bonchev–Trinajstić information content (AvgIpc) is 2.58. The van der Waals surface area contributed by atoms with E-state index in [1.165, 1.54) is 13.1 Å². The lowest BCUT2D eigenvalue weighted by Gasteiger charge is -2.02. The quantitative estimate of drug-likeness (QED) is 0.386. The highest BCUT2D eigenvalue weighted by atomic mass is 19.4. The van der Waals surface area contributed by atoms with Crippen LogP contribution >= 0.6 is 0 Å².